The van der Waals surface area contributed by atoms with Crippen molar-refractivity contribution < 1.29 is 4.79 Å². The second-order valence-electron chi connectivity index (χ2n) is 6.92. The van der Waals surface area contributed by atoms with E-state index in [2.05, 4.69) is 15.2 Å². The van der Waals surface area contributed by atoms with E-state index in [1.807, 2.05) is 41.3 Å². The van der Waals surface area contributed by atoms with Gasteiger partial charge in [0.15, 0.2) is 0 Å². The third kappa shape index (κ3) is 4.63. The van der Waals surface area contributed by atoms with Crippen LogP contribution in [0.3, 0.4) is 0 Å². The average Bonchev–Trinajstić information content (AvgIpc) is 3.16. The lowest BCUT2D eigenvalue weighted by molar-refractivity contribution is -0.132. The Kier molecular flexibility index (Phi) is 5.60. The van der Waals surface area contributed by atoms with Crippen LogP contribution in [0, 0.1) is 0 Å². The van der Waals surface area contributed by atoms with Crippen molar-refractivity contribution in [1.82, 2.24) is 19.9 Å². The minimum Gasteiger partial charge on any atom is -0.399 e. The number of hydrogen-bond acceptors (Lipinski definition) is 5. The molecule has 0 saturated carbocycles. The van der Waals surface area contributed by atoms with E-state index in [0.717, 1.165) is 24.3 Å². The fourth-order valence-electron chi connectivity index (χ4n) is 3.34. The Morgan fingerprint density at radius 2 is 1.66 bits per heavy atom. The highest BCUT2D eigenvalue weighted by molar-refractivity contribution is 6.35. The number of benzene rings is 2. The lowest BCUT2D eigenvalue weighted by atomic mass is 10.1. The van der Waals surface area contributed by atoms with Gasteiger partial charge in [0.05, 0.1) is 6.20 Å². The summed E-state index contributed by atoms with van der Waals surface area (Å²) in [7, 11) is 0. The third-order valence-corrected chi connectivity index (χ3v) is 5.32. The number of halogens is 2. The van der Waals surface area contributed by atoms with E-state index in [0.29, 0.717) is 34.5 Å². The van der Waals surface area contributed by atoms with Crippen LogP contribution >= 0.6 is 23.2 Å². The van der Waals surface area contributed by atoms with Crippen LogP contribution in [0.25, 0.3) is 11.3 Å². The van der Waals surface area contributed by atoms with E-state index in [1.54, 1.807) is 16.9 Å². The number of nitrogens with zero attached hydrogens (tertiary/aromatic N) is 5. The number of hydrogen-bond donors (Lipinski definition) is 1. The SMILES string of the molecule is Nc1ccc(-c2cn(CC(=O)N3CCN(c4cc(Cl)cc(Cl)c4)CC3)nn2)cc1. The Labute approximate surface area is 178 Å². The van der Waals surface area contributed by atoms with Gasteiger partial charge in [-0.3, -0.25) is 4.79 Å². The fraction of sp³-hybridized carbons (Fsp3) is 0.250. The molecule has 2 heterocycles. The van der Waals surface area contributed by atoms with Gasteiger partial charge in [-0.05, 0) is 30.3 Å². The van der Waals surface area contributed by atoms with Crippen LogP contribution in [0.1, 0.15) is 0 Å². The third-order valence-electron chi connectivity index (χ3n) is 4.89. The quantitative estimate of drug-likeness (QED) is 0.642. The molecule has 0 aliphatic carbocycles. The van der Waals surface area contributed by atoms with Crippen molar-refractivity contribution in [1.29, 1.82) is 0 Å². The molecule has 2 N–H and O–H groups in total. The van der Waals surface area contributed by atoms with Gasteiger partial charge >= 0.3 is 0 Å². The maximum absolute atomic E-state index is 12.7. The van der Waals surface area contributed by atoms with Crippen molar-refractivity contribution >= 4 is 40.5 Å². The number of piperazine rings is 1. The summed E-state index contributed by atoms with van der Waals surface area (Å²) in [5.74, 6) is 0.0162. The number of amides is 1. The van der Waals surface area contributed by atoms with Crippen LogP contribution in [0.5, 0.6) is 0 Å². The summed E-state index contributed by atoms with van der Waals surface area (Å²) in [5.41, 5.74) is 8.99. The number of carbonyl (C=O) groups excluding carboxylic acids is 1. The molecule has 9 heteroatoms. The largest absolute Gasteiger partial charge is 0.399 e. The van der Waals surface area contributed by atoms with E-state index in [-0.39, 0.29) is 12.5 Å². The van der Waals surface area contributed by atoms with Crippen molar-refractivity contribution in [3.63, 3.8) is 0 Å². The molecule has 1 aliphatic heterocycles. The molecule has 0 bridgehead atoms. The molecule has 1 aromatic heterocycles. The minimum atomic E-state index is 0.0162. The van der Waals surface area contributed by atoms with Crippen LogP contribution in [-0.2, 0) is 11.3 Å². The van der Waals surface area contributed by atoms with Crippen molar-refractivity contribution in [2.45, 2.75) is 6.54 Å². The summed E-state index contributed by atoms with van der Waals surface area (Å²) in [6.45, 7) is 2.85. The molecule has 3 aromatic rings. The number of anilines is 2. The first-order chi connectivity index (χ1) is 14.0. The zero-order valence-electron chi connectivity index (χ0n) is 15.6. The molecule has 1 fully saturated rings. The Morgan fingerprint density at radius 3 is 2.31 bits per heavy atom. The van der Waals surface area contributed by atoms with E-state index in [4.69, 9.17) is 28.9 Å². The Bertz CT molecular complexity index is 992. The van der Waals surface area contributed by atoms with Crippen LogP contribution in [0.15, 0.2) is 48.7 Å². The van der Waals surface area contributed by atoms with Crippen LogP contribution in [0.2, 0.25) is 10.0 Å². The van der Waals surface area contributed by atoms with Gasteiger partial charge in [-0.2, -0.15) is 0 Å². The van der Waals surface area contributed by atoms with Crippen molar-refractivity contribution in [3.05, 3.63) is 58.7 Å². The zero-order valence-corrected chi connectivity index (χ0v) is 17.1. The first-order valence-electron chi connectivity index (χ1n) is 9.23. The molecule has 2 aromatic carbocycles. The number of rotatable bonds is 4. The molecule has 0 spiro atoms. The predicted molar refractivity (Wildman–Crippen MR) is 115 cm³/mol. The molecule has 0 radical (unpaired) electrons. The lowest BCUT2D eigenvalue weighted by Crippen LogP contribution is -2.49. The minimum absolute atomic E-state index is 0.0162. The fourth-order valence-corrected chi connectivity index (χ4v) is 3.85. The topological polar surface area (TPSA) is 80.3 Å². The summed E-state index contributed by atoms with van der Waals surface area (Å²) >= 11 is 12.2. The molecule has 0 atom stereocenters. The molecule has 0 unspecified atom stereocenters. The number of nitrogen functional groups attached to an aromatic ring is 1. The standard InChI is InChI=1S/C20H20Cl2N6O/c21-15-9-16(22)11-18(10-15)26-5-7-27(8-6-26)20(29)13-28-12-19(24-25-28)14-1-3-17(23)4-2-14/h1-4,9-12H,5-8,13,23H2. The molecule has 29 heavy (non-hydrogen) atoms. The second kappa shape index (κ2) is 8.31. The van der Waals surface area contributed by atoms with Crippen LogP contribution in [-0.4, -0.2) is 52.0 Å². The molecular formula is C20H20Cl2N6O. The monoisotopic (exact) mass is 430 g/mol. The molecule has 1 aliphatic rings. The lowest BCUT2D eigenvalue weighted by Gasteiger charge is -2.36. The van der Waals surface area contributed by atoms with Crippen LogP contribution < -0.4 is 10.6 Å². The van der Waals surface area contributed by atoms with Gasteiger partial charge in [0.1, 0.15) is 12.2 Å². The highest BCUT2D eigenvalue weighted by Gasteiger charge is 2.22. The molecule has 1 saturated heterocycles. The van der Waals surface area contributed by atoms with E-state index in [9.17, 15) is 4.79 Å². The Hall–Kier alpha value is -2.77. The molecular weight excluding hydrogens is 411 g/mol. The molecule has 1 amide bonds. The molecule has 150 valence electrons. The summed E-state index contributed by atoms with van der Waals surface area (Å²) < 4.78 is 1.57. The van der Waals surface area contributed by atoms with Crippen molar-refractivity contribution in [3.8, 4) is 11.3 Å². The van der Waals surface area contributed by atoms with Crippen molar-refractivity contribution in [2.75, 3.05) is 36.8 Å². The molecule has 7 nitrogen and oxygen atoms in total. The summed E-state index contributed by atoms with van der Waals surface area (Å²) in [4.78, 5) is 16.7. The average molecular weight is 431 g/mol. The van der Waals surface area contributed by atoms with Crippen molar-refractivity contribution in [2.24, 2.45) is 0 Å². The summed E-state index contributed by atoms with van der Waals surface area (Å²) in [5, 5.41) is 9.44. The normalized spacial score (nSPS) is 14.3. The molecule has 4 rings (SSSR count). The maximum atomic E-state index is 12.7. The van der Waals surface area contributed by atoms with E-state index < -0.39 is 0 Å². The van der Waals surface area contributed by atoms with Gasteiger partial charge in [-0.25, -0.2) is 4.68 Å². The second-order valence-corrected chi connectivity index (χ2v) is 7.79. The smallest absolute Gasteiger partial charge is 0.244 e. The van der Waals surface area contributed by atoms with E-state index >= 15 is 0 Å². The Morgan fingerprint density at radius 1 is 1.00 bits per heavy atom. The number of aromatic nitrogens is 3. The van der Waals surface area contributed by atoms with E-state index in [1.165, 1.54) is 0 Å². The predicted octanol–water partition coefficient (Wildman–Crippen LogP) is 3.18. The highest BCUT2D eigenvalue weighted by atomic mass is 35.5. The summed E-state index contributed by atoms with van der Waals surface area (Å²) in [6, 6.07) is 12.9. The van der Waals surface area contributed by atoms with Crippen LogP contribution in [0.4, 0.5) is 11.4 Å². The van der Waals surface area contributed by atoms with Gasteiger partial charge in [0.2, 0.25) is 5.91 Å². The first-order valence-corrected chi connectivity index (χ1v) is 9.98. The van der Waals surface area contributed by atoms with Gasteiger partial charge in [0, 0.05) is 53.2 Å². The maximum Gasteiger partial charge on any atom is 0.244 e. The zero-order chi connectivity index (χ0) is 20.4. The van der Waals surface area contributed by atoms with Gasteiger partial charge in [0.25, 0.3) is 0 Å². The first kappa shape index (κ1) is 19.5. The summed E-state index contributed by atoms with van der Waals surface area (Å²) in [6.07, 6.45) is 1.77. The Balaban J connectivity index is 1.35. The van der Waals surface area contributed by atoms with Gasteiger partial charge in [-0.15, -0.1) is 5.10 Å². The number of carbonyl (C=O) groups is 1. The van der Waals surface area contributed by atoms with Gasteiger partial charge < -0.3 is 15.5 Å². The number of nitrogens with two attached hydrogens (primary N) is 1. The van der Waals surface area contributed by atoms with Gasteiger partial charge in [-0.1, -0.05) is 40.5 Å². The highest BCUT2D eigenvalue weighted by Crippen LogP contribution is 2.26.